The third kappa shape index (κ3) is 5.36. The SMILES string of the molecule is N#Cc1ccc2ncn(C[C@H]3CCCC(CN(Cc4csc(-c5ccccc5)n4)C(=O)O)C3)c2c1. The van der Waals surface area contributed by atoms with Crippen LogP contribution in [0, 0.1) is 23.2 Å². The van der Waals surface area contributed by atoms with Crippen molar-refractivity contribution < 1.29 is 9.90 Å². The number of fused-ring (bicyclic) bond motifs is 1. The zero-order valence-corrected chi connectivity index (χ0v) is 20.2. The van der Waals surface area contributed by atoms with Gasteiger partial charge < -0.3 is 14.6 Å². The zero-order valence-electron chi connectivity index (χ0n) is 19.4. The van der Waals surface area contributed by atoms with E-state index in [4.69, 9.17) is 0 Å². The van der Waals surface area contributed by atoms with Crippen LogP contribution in [-0.4, -0.2) is 37.2 Å². The molecule has 0 radical (unpaired) electrons. The van der Waals surface area contributed by atoms with Crippen molar-refractivity contribution in [1.82, 2.24) is 19.4 Å². The highest BCUT2D eigenvalue weighted by molar-refractivity contribution is 7.13. The Hall–Kier alpha value is -3.70. The molecule has 2 aromatic carbocycles. The molecule has 8 heteroatoms. The monoisotopic (exact) mass is 485 g/mol. The molecule has 178 valence electrons. The Kier molecular flexibility index (Phi) is 6.77. The number of nitrogens with zero attached hydrogens (tertiary/aromatic N) is 5. The maximum absolute atomic E-state index is 12.1. The van der Waals surface area contributed by atoms with Gasteiger partial charge in [0.2, 0.25) is 0 Å². The molecule has 1 fully saturated rings. The van der Waals surface area contributed by atoms with E-state index in [9.17, 15) is 15.2 Å². The summed E-state index contributed by atoms with van der Waals surface area (Å²) in [6, 6.07) is 17.8. The minimum atomic E-state index is -0.897. The molecular formula is C27H27N5O2S. The molecule has 2 atom stereocenters. The predicted octanol–water partition coefficient (Wildman–Crippen LogP) is 6.02. The first-order valence-electron chi connectivity index (χ1n) is 11.9. The number of thiazole rings is 1. The van der Waals surface area contributed by atoms with Crippen LogP contribution in [0.15, 0.2) is 60.2 Å². The molecule has 0 bridgehead atoms. The van der Waals surface area contributed by atoms with Crippen molar-refractivity contribution in [2.75, 3.05) is 6.54 Å². The molecule has 1 unspecified atom stereocenters. The first-order chi connectivity index (χ1) is 17.1. The Morgan fingerprint density at radius 2 is 2.03 bits per heavy atom. The summed E-state index contributed by atoms with van der Waals surface area (Å²) in [4.78, 5) is 22.7. The molecule has 2 aromatic heterocycles. The lowest BCUT2D eigenvalue weighted by atomic mass is 9.81. The fourth-order valence-corrected chi connectivity index (χ4v) is 5.91. The van der Waals surface area contributed by atoms with Gasteiger partial charge in [-0.25, -0.2) is 14.8 Å². The van der Waals surface area contributed by atoms with E-state index in [0.29, 0.717) is 30.5 Å². The average Bonchev–Trinajstić information content (AvgIpc) is 3.51. The second kappa shape index (κ2) is 10.3. The molecule has 1 aliphatic rings. The molecule has 0 spiro atoms. The molecule has 7 nitrogen and oxygen atoms in total. The lowest BCUT2D eigenvalue weighted by Crippen LogP contribution is -2.36. The maximum Gasteiger partial charge on any atom is 0.407 e. The second-order valence-corrected chi connectivity index (χ2v) is 10.1. The minimum absolute atomic E-state index is 0.308. The molecule has 1 N–H and O–H groups in total. The van der Waals surface area contributed by atoms with Crippen molar-refractivity contribution in [3.63, 3.8) is 0 Å². The highest BCUT2D eigenvalue weighted by Gasteiger charge is 2.26. The van der Waals surface area contributed by atoms with Crippen molar-refractivity contribution in [2.24, 2.45) is 11.8 Å². The van der Waals surface area contributed by atoms with E-state index >= 15 is 0 Å². The standard InChI is InChI=1S/C27H27N5O2S/c28-13-19-9-10-24-25(12-19)32(18-29-24)15-21-6-4-5-20(11-21)14-31(27(33)34)16-23-17-35-26(30-23)22-7-2-1-3-8-22/h1-3,7-10,12,17-18,20-21H,4-6,11,14-16H2,(H,33,34)/t20?,21-/m0/s1. The molecular weight excluding hydrogens is 458 g/mol. The Balaban J connectivity index is 1.23. The number of hydrogen-bond donors (Lipinski definition) is 1. The smallest absolute Gasteiger partial charge is 0.407 e. The minimum Gasteiger partial charge on any atom is -0.465 e. The lowest BCUT2D eigenvalue weighted by Gasteiger charge is -2.32. The summed E-state index contributed by atoms with van der Waals surface area (Å²) in [5.74, 6) is 0.776. The van der Waals surface area contributed by atoms with Crippen LogP contribution < -0.4 is 0 Å². The number of rotatable bonds is 7. The van der Waals surface area contributed by atoms with Crippen LogP contribution in [0.4, 0.5) is 4.79 Å². The molecule has 1 aliphatic carbocycles. The van der Waals surface area contributed by atoms with E-state index in [1.807, 2.05) is 54.2 Å². The summed E-state index contributed by atoms with van der Waals surface area (Å²) >= 11 is 1.55. The number of carboxylic acid groups (broad SMARTS) is 1. The van der Waals surface area contributed by atoms with Crippen LogP contribution in [-0.2, 0) is 13.1 Å². The van der Waals surface area contributed by atoms with E-state index in [1.165, 1.54) is 4.90 Å². The fraction of sp³-hybridized carbons (Fsp3) is 0.333. The largest absolute Gasteiger partial charge is 0.465 e. The van der Waals surface area contributed by atoms with E-state index < -0.39 is 6.09 Å². The fourth-order valence-electron chi connectivity index (χ4n) is 5.09. The van der Waals surface area contributed by atoms with Crippen LogP contribution in [0.1, 0.15) is 36.9 Å². The molecule has 1 amide bonds. The van der Waals surface area contributed by atoms with Crippen molar-refractivity contribution in [3.8, 4) is 16.6 Å². The van der Waals surface area contributed by atoms with Gasteiger partial charge in [-0.15, -0.1) is 11.3 Å². The van der Waals surface area contributed by atoms with Gasteiger partial charge in [0.05, 0.1) is 41.2 Å². The van der Waals surface area contributed by atoms with E-state index in [1.54, 1.807) is 17.4 Å². The first-order valence-corrected chi connectivity index (χ1v) is 12.8. The molecule has 35 heavy (non-hydrogen) atoms. The first kappa shape index (κ1) is 23.1. The summed E-state index contributed by atoms with van der Waals surface area (Å²) in [5.41, 5.74) is 4.36. The van der Waals surface area contributed by atoms with Gasteiger partial charge in [-0.1, -0.05) is 36.8 Å². The van der Waals surface area contributed by atoms with Gasteiger partial charge in [0.1, 0.15) is 5.01 Å². The lowest BCUT2D eigenvalue weighted by molar-refractivity contribution is 0.119. The molecule has 0 aliphatic heterocycles. The second-order valence-electron chi connectivity index (χ2n) is 9.28. The Morgan fingerprint density at radius 1 is 1.20 bits per heavy atom. The molecule has 5 rings (SSSR count). The Labute approximate surface area is 208 Å². The van der Waals surface area contributed by atoms with Crippen molar-refractivity contribution in [3.05, 3.63) is 71.5 Å². The summed E-state index contributed by atoms with van der Waals surface area (Å²) in [7, 11) is 0. The van der Waals surface area contributed by atoms with Gasteiger partial charge >= 0.3 is 6.09 Å². The van der Waals surface area contributed by atoms with Crippen molar-refractivity contribution in [1.29, 1.82) is 5.26 Å². The number of carbonyl (C=O) groups is 1. The van der Waals surface area contributed by atoms with E-state index in [2.05, 4.69) is 20.6 Å². The van der Waals surface area contributed by atoms with Gasteiger partial charge in [-0.2, -0.15) is 5.26 Å². The topological polar surface area (TPSA) is 95.0 Å². The molecule has 2 heterocycles. The Bertz CT molecular complexity index is 1360. The van der Waals surface area contributed by atoms with Crippen molar-refractivity contribution in [2.45, 2.75) is 38.8 Å². The van der Waals surface area contributed by atoms with Gasteiger partial charge in [0.25, 0.3) is 0 Å². The van der Waals surface area contributed by atoms with Crippen molar-refractivity contribution >= 4 is 28.5 Å². The third-order valence-corrected chi connectivity index (χ3v) is 7.71. The van der Waals surface area contributed by atoms with Crippen LogP contribution in [0.5, 0.6) is 0 Å². The number of nitriles is 1. The normalized spacial score (nSPS) is 17.8. The number of aromatic nitrogens is 3. The number of benzene rings is 2. The van der Waals surface area contributed by atoms with E-state index in [-0.39, 0.29) is 0 Å². The quantitative estimate of drug-likeness (QED) is 0.345. The molecule has 4 aromatic rings. The van der Waals surface area contributed by atoms with Gasteiger partial charge in [0, 0.05) is 24.0 Å². The highest BCUT2D eigenvalue weighted by Crippen LogP contribution is 2.32. The van der Waals surface area contributed by atoms with Crippen LogP contribution in [0.3, 0.4) is 0 Å². The highest BCUT2D eigenvalue weighted by atomic mass is 32.1. The van der Waals surface area contributed by atoms with Crippen LogP contribution >= 0.6 is 11.3 Å². The zero-order chi connectivity index (χ0) is 24.2. The molecule has 1 saturated carbocycles. The average molecular weight is 486 g/mol. The number of hydrogen-bond acceptors (Lipinski definition) is 5. The molecule has 0 saturated heterocycles. The number of amides is 1. The maximum atomic E-state index is 12.1. The van der Waals surface area contributed by atoms with Gasteiger partial charge in [-0.05, 0) is 49.3 Å². The van der Waals surface area contributed by atoms with Crippen LogP contribution in [0.2, 0.25) is 0 Å². The predicted molar refractivity (Wildman–Crippen MR) is 136 cm³/mol. The summed E-state index contributed by atoms with van der Waals surface area (Å²) in [6.45, 7) is 1.66. The Morgan fingerprint density at radius 3 is 2.83 bits per heavy atom. The number of imidazole rings is 1. The summed E-state index contributed by atoms with van der Waals surface area (Å²) < 4.78 is 2.14. The van der Waals surface area contributed by atoms with Gasteiger partial charge in [-0.3, -0.25) is 0 Å². The van der Waals surface area contributed by atoms with Gasteiger partial charge in [0.15, 0.2) is 0 Å². The van der Waals surface area contributed by atoms with Crippen LogP contribution in [0.25, 0.3) is 21.6 Å². The summed E-state index contributed by atoms with van der Waals surface area (Å²) in [5, 5.41) is 22.0. The third-order valence-electron chi connectivity index (χ3n) is 6.77. The van der Waals surface area contributed by atoms with E-state index in [0.717, 1.165) is 59.5 Å². The summed E-state index contributed by atoms with van der Waals surface area (Å²) in [6.07, 6.45) is 5.18.